The van der Waals surface area contributed by atoms with E-state index in [0.29, 0.717) is 5.15 Å². The van der Waals surface area contributed by atoms with Crippen molar-refractivity contribution in [3.63, 3.8) is 0 Å². The molecule has 0 fully saturated rings. The monoisotopic (exact) mass is 193 g/mol. The van der Waals surface area contributed by atoms with Crippen molar-refractivity contribution in [2.45, 2.75) is 6.92 Å². The van der Waals surface area contributed by atoms with Crippen LogP contribution in [0.2, 0.25) is 5.15 Å². The number of halogens is 1. The molecular formula is C9H8ClN3. The zero-order valence-electron chi connectivity index (χ0n) is 7.16. The highest BCUT2D eigenvalue weighted by atomic mass is 35.5. The van der Waals surface area contributed by atoms with Crippen LogP contribution in [0.3, 0.4) is 0 Å². The van der Waals surface area contributed by atoms with E-state index in [-0.39, 0.29) is 0 Å². The molecule has 0 aliphatic rings. The molecule has 0 unspecified atom stereocenters. The van der Waals surface area contributed by atoms with Crippen LogP contribution in [0.5, 0.6) is 0 Å². The molecule has 3 nitrogen and oxygen atoms in total. The molecule has 13 heavy (non-hydrogen) atoms. The standard InChI is InChI=1S/C9H8ClN3/c1-6(2)7-5-11-9-4-3-8(10)12-13(7)9/h3-5H,1H2,2H3. The molecule has 0 saturated carbocycles. The van der Waals surface area contributed by atoms with Crippen molar-refractivity contribution in [1.29, 1.82) is 0 Å². The number of fused-ring (bicyclic) bond motifs is 1. The van der Waals surface area contributed by atoms with Crippen LogP contribution in [-0.4, -0.2) is 14.6 Å². The SMILES string of the molecule is C=C(C)c1cnc2ccc(Cl)nn12. The second-order valence-corrected chi connectivity index (χ2v) is 3.24. The fourth-order valence-corrected chi connectivity index (χ4v) is 1.28. The first-order valence-electron chi connectivity index (χ1n) is 3.84. The summed E-state index contributed by atoms with van der Waals surface area (Å²) in [4.78, 5) is 4.16. The van der Waals surface area contributed by atoms with E-state index in [2.05, 4.69) is 16.7 Å². The van der Waals surface area contributed by atoms with E-state index in [1.807, 2.05) is 13.0 Å². The highest BCUT2D eigenvalue weighted by Gasteiger charge is 2.04. The molecule has 0 spiro atoms. The van der Waals surface area contributed by atoms with Crippen molar-refractivity contribution >= 4 is 22.8 Å². The minimum Gasteiger partial charge on any atom is -0.235 e. The van der Waals surface area contributed by atoms with E-state index in [1.165, 1.54) is 0 Å². The van der Waals surface area contributed by atoms with Crippen LogP contribution in [-0.2, 0) is 0 Å². The Bertz CT molecular complexity index is 473. The summed E-state index contributed by atoms with van der Waals surface area (Å²) in [5, 5.41) is 4.57. The Morgan fingerprint density at radius 2 is 2.31 bits per heavy atom. The van der Waals surface area contributed by atoms with Crippen molar-refractivity contribution in [2.75, 3.05) is 0 Å². The lowest BCUT2D eigenvalue weighted by atomic mass is 10.3. The van der Waals surface area contributed by atoms with Gasteiger partial charge in [0.1, 0.15) is 5.15 Å². The van der Waals surface area contributed by atoms with Crippen molar-refractivity contribution in [2.24, 2.45) is 0 Å². The van der Waals surface area contributed by atoms with Gasteiger partial charge in [-0.25, -0.2) is 9.50 Å². The third-order valence-electron chi connectivity index (χ3n) is 1.77. The molecular weight excluding hydrogens is 186 g/mol. The van der Waals surface area contributed by atoms with E-state index in [0.717, 1.165) is 16.9 Å². The minimum atomic E-state index is 0.452. The molecule has 66 valence electrons. The lowest BCUT2D eigenvalue weighted by molar-refractivity contribution is 0.921. The molecule has 0 N–H and O–H groups in total. The van der Waals surface area contributed by atoms with Gasteiger partial charge in [-0.05, 0) is 24.6 Å². The number of hydrogen-bond acceptors (Lipinski definition) is 2. The quantitative estimate of drug-likeness (QED) is 0.696. The summed E-state index contributed by atoms with van der Waals surface area (Å²) < 4.78 is 1.69. The summed E-state index contributed by atoms with van der Waals surface area (Å²) in [7, 11) is 0. The summed E-state index contributed by atoms with van der Waals surface area (Å²) >= 11 is 5.76. The normalized spacial score (nSPS) is 10.6. The van der Waals surface area contributed by atoms with Gasteiger partial charge in [0.25, 0.3) is 0 Å². The Labute approximate surface area is 80.7 Å². The third-order valence-corrected chi connectivity index (χ3v) is 1.97. The molecule has 0 aromatic carbocycles. The van der Waals surface area contributed by atoms with Crippen LogP contribution in [0, 0.1) is 0 Å². The van der Waals surface area contributed by atoms with Gasteiger partial charge in [-0.3, -0.25) is 0 Å². The second kappa shape index (κ2) is 2.85. The van der Waals surface area contributed by atoms with Gasteiger partial charge in [-0.15, -0.1) is 0 Å². The summed E-state index contributed by atoms with van der Waals surface area (Å²) in [5.74, 6) is 0. The molecule has 2 aromatic heterocycles. The van der Waals surface area contributed by atoms with Crippen LogP contribution in [0.4, 0.5) is 0 Å². The molecule has 0 radical (unpaired) electrons. The second-order valence-electron chi connectivity index (χ2n) is 2.85. The maximum Gasteiger partial charge on any atom is 0.154 e. The molecule has 4 heteroatoms. The van der Waals surface area contributed by atoms with Gasteiger partial charge < -0.3 is 0 Å². The van der Waals surface area contributed by atoms with E-state index in [9.17, 15) is 0 Å². The summed E-state index contributed by atoms with van der Waals surface area (Å²) in [6.45, 7) is 5.74. The maximum atomic E-state index is 5.76. The van der Waals surface area contributed by atoms with Crippen molar-refractivity contribution in [3.8, 4) is 0 Å². The zero-order chi connectivity index (χ0) is 9.42. The van der Waals surface area contributed by atoms with Gasteiger partial charge in [0.2, 0.25) is 0 Å². The van der Waals surface area contributed by atoms with E-state index < -0.39 is 0 Å². The Morgan fingerprint density at radius 1 is 1.54 bits per heavy atom. The smallest absolute Gasteiger partial charge is 0.154 e. The molecule has 0 atom stereocenters. The lowest BCUT2D eigenvalue weighted by Crippen LogP contribution is -1.95. The number of imidazole rings is 1. The largest absolute Gasteiger partial charge is 0.235 e. The van der Waals surface area contributed by atoms with Crippen LogP contribution < -0.4 is 0 Å². The Morgan fingerprint density at radius 3 is 3.00 bits per heavy atom. The van der Waals surface area contributed by atoms with Crippen LogP contribution in [0.15, 0.2) is 24.9 Å². The van der Waals surface area contributed by atoms with Crippen molar-refractivity contribution in [3.05, 3.63) is 35.8 Å². The summed E-state index contributed by atoms with van der Waals surface area (Å²) in [5.41, 5.74) is 2.59. The zero-order valence-corrected chi connectivity index (χ0v) is 7.91. The topological polar surface area (TPSA) is 30.2 Å². The number of rotatable bonds is 1. The first-order valence-corrected chi connectivity index (χ1v) is 4.22. The number of aromatic nitrogens is 3. The van der Waals surface area contributed by atoms with Gasteiger partial charge in [0.05, 0.1) is 11.9 Å². The Kier molecular flexibility index (Phi) is 1.81. The Balaban J connectivity index is 2.79. The lowest BCUT2D eigenvalue weighted by Gasteiger charge is -1.98. The minimum absolute atomic E-state index is 0.452. The van der Waals surface area contributed by atoms with Gasteiger partial charge in [0.15, 0.2) is 5.65 Å². The predicted octanol–water partition coefficient (Wildman–Crippen LogP) is 2.42. The van der Waals surface area contributed by atoms with E-state index in [4.69, 9.17) is 11.6 Å². The fraction of sp³-hybridized carbons (Fsp3) is 0.111. The molecule has 0 aliphatic heterocycles. The molecule has 2 rings (SSSR count). The molecule has 0 amide bonds. The average Bonchev–Trinajstić information content (AvgIpc) is 2.46. The molecule has 0 saturated heterocycles. The van der Waals surface area contributed by atoms with Gasteiger partial charge >= 0.3 is 0 Å². The first-order chi connectivity index (χ1) is 6.18. The van der Waals surface area contributed by atoms with Gasteiger partial charge in [-0.1, -0.05) is 18.2 Å². The summed E-state index contributed by atoms with van der Waals surface area (Å²) in [6.07, 6.45) is 1.74. The molecule has 0 aliphatic carbocycles. The van der Waals surface area contributed by atoms with E-state index in [1.54, 1.807) is 16.8 Å². The average molecular weight is 194 g/mol. The highest BCUT2D eigenvalue weighted by Crippen LogP contribution is 2.14. The third kappa shape index (κ3) is 1.31. The van der Waals surface area contributed by atoms with Crippen LogP contribution in [0.1, 0.15) is 12.6 Å². The Hall–Kier alpha value is -1.35. The fourth-order valence-electron chi connectivity index (χ4n) is 1.14. The number of nitrogens with zero attached hydrogens (tertiary/aromatic N) is 3. The van der Waals surface area contributed by atoms with Gasteiger partial charge in [0, 0.05) is 0 Å². The van der Waals surface area contributed by atoms with Gasteiger partial charge in [-0.2, -0.15) is 5.10 Å². The van der Waals surface area contributed by atoms with Crippen molar-refractivity contribution in [1.82, 2.24) is 14.6 Å². The molecule has 2 aromatic rings. The molecule has 0 bridgehead atoms. The maximum absolute atomic E-state index is 5.76. The van der Waals surface area contributed by atoms with Crippen LogP contribution in [0.25, 0.3) is 11.2 Å². The number of hydrogen-bond donors (Lipinski definition) is 0. The summed E-state index contributed by atoms with van der Waals surface area (Å²) in [6, 6.07) is 3.54. The van der Waals surface area contributed by atoms with E-state index >= 15 is 0 Å². The van der Waals surface area contributed by atoms with Crippen LogP contribution >= 0.6 is 11.6 Å². The highest BCUT2D eigenvalue weighted by molar-refractivity contribution is 6.29. The predicted molar refractivity (Wildman–Crippen MR) is 52.7 cm³/mol. The van der Waals surface area contributed by atoms with Crippen molar-refractivity contribution < 1.29 is 0 Å². The first kappa shape index (κ1) is 8.26. The molecule has 2 heterocycles. The number of allylic oxidation sites excluding steroid dienone is 1.